The maximum Gasteiger partial charge on any atom is 0.410 e. The summed E-state index contributed by atoms with van der Waals surface area (Å²) >= 11 is 0. The summed E-state index contributed by atoms with van der Waals surface area (Å²) in [5, 5.41) is 14.5. The average molecular weight is 712 g/mol. The van der Waals surface area contributed by atoms with E-state index in [1.54, 1.807) is 20.8 Å². The molecule has 0 aromatic carbocycles. The van der Waals surface area contributed by atoms with Gasteiger partial charge in [-0.25, -0.2) is 32.7 Å². The average Bonchev–Trinajstić information content (AvgIpc) is 3.63. The third-order valence-corrected chi connectivity index (χ3v) is 9.72. The van der Waals surface area contributed by atoms with E-state index in [9.17, 15) is 36.3 Å². The molecule has 3 aliphatic rings. The van der Waals surface area contributed by atoms with Crippen LogP contribution in [0.4, 0.5) is 26.7 Å². The van der Waals surface area contributed by atoms with Gasteiger partial charge in [0, 0.05) is 39.0 Å². The normalized spacial score (nSPS) is 20.7. The molecule has 0 spiro atoms. The lowest BCUT2D eigenvalue weighted by atomic mass is 9.73. The highest BCUT2D eigenvalue weighted by Crippen LogP contribution is 2.43. The number of imidazole rings is 1. The van der Waals surface area contributed by atoms with Crippen LogP contribution < -0.4 is 5.32 Å². The maximum absolute atomic E-state index is 14.1. The molecule has 272 valence electrons. The number of alkyl halides is 5. The Bertz CT molecular complexity index is 1750. The molecule has 2 saturated heterocycles. The summed E-state index contributed by atoms with van der Waals surface area (Å²) in [6, 6.07) is -0.852. The largest absolute Gasteiger partial charge is 0.444 e. The number of amides is 3. The maximum atomic E-state index is 14.1. The van der Waals surface area contributed by atoms with Crippen molar-refractivity contribution in [3.8, 4) is 0 Å². The van der Waals surface area contributed by atoms with Crippen LogP contribution in [-0.2, 0) is 14.9 Å². The van der Waals surface area contributed by atoms with Gasteiger partial charge in [0.15, 0.2) is 5.69 Å². The number of likely N-dealkylation sites (tertiary alicyclic amines) is 2. The van der Waals surface area contributed by atoms with Gasteiger partial charge in [0.1, 0.15) is 11.3 Å². The van der Waals surface area contributed by atoms with E-state index >= 15 is 0 Å². The van der Waals surface area contributed by atoms with Crippen LogP contribution in [0.3, 0.4) is 0 Å². The number of nitrogens with one attached hydrogen (secondary N) is 1. The highest BCUT2D eigenvalue weighted by molar-refractivity contribution is 5.93. The zero-order valence-corrected chi connectivity index (χ0v) is 28.0. The van der Waals surface area contributed by atoms with Gasteiger partial charge in [-0.3, -0.25) is 9.59 Å². The molecule has 1 atom stereocenters. The Labute approximate surface area is 283 Å². The lowest BCUT2D eigenvalue weighted by molar-refractivity contribution is -0.211. The highest BCUT2D eigenvalue weighted by atomic mass is 19.4. The Morgan fingerprint density at radius 1 is 1.00 bits per heavy atom. The van der Waals surface area contributed by atoms with Gasteiger partial charge >= 0.3 is 12.3 Å². The minimum absolute atomic E-state index is 0.0238. The Hall–Kier alpha value is -4.45. The molecule has 0 unspecified atom stereocenters. The lowest BCUT2D eigenvalue weighted by Crippen LogP contribution is -2.62. The Balaban J connectivity index is 1.31. The first-order valence-electron chi connectivity index (χ1n) is 16.4. The molecule has 3 aromatic rings. The van der Waals surface area contributed by atoms with Gasteiger partial charge in [0.05, 0.1) is 41.2 Å². The fourth-order valence-corrected chi connectivity index (χ4v) is 6.78. The molecule has 50 heavy (non-hydrogen) atoms. The van der Waals surface area contributed by atoms with Crippen molar-refractivity contribution in [2.75, 3.05) is 26.2 Å². The van der Waals surface area contributed by atoms with Crippen LogP contribution >= 0.6 is 0 Å². The molecule has 3 amide bonds. The minimum Gasteiger partial charge on any atom is -0.444 e. The van der Waals surface area contributed by atoms with Crippen molar-refractivity contribution >= 4 is 23.7 Å². The highest BCUT2D eigenvalue weighted by Gasteiger charge is 2.54. The predicted molar refractivity (Wildman–Crippen MR) is 162 cm³/mol. The molecule has 2 aliphatic heterocycles. The van der Waals surface area contributed by atoms with Crippen LogP contribution in [0.15, 0.2) is 17.0 Å². The first-order chi connectivity index (χ1) is 23.3. The second kappa shape index (κ2) is 12.7. The number of rotatable bonds is 6. The van der Waals surface area contributed by atoms with Crippen LogP contribution in [-0.4, -0.2) is 101 Å². The number of piperidine rings is 1. The van der Waals surface area contributed by atoms with Gasteiger partial charge in [-0.2, -0.15) is 18.3 Å². The first-order valence-corrected chi connectivity index (χ1v) is 16.4. The minimum atomic E-state index is -4.45. The summed E-state index contributed by atoms with van der Waals surface area (Å²) in [4.78, 5) is 51.9. The molecule has 14 nitrogen and oxygen atoms in total. The number of fused-ring (bicyclic) bond motifs is 1. The van der Waals surface area contributed by atoms with Crippen molar-refractivity contribution in [2.45, 2.75) is 95.4 Å². The Morgan fingerprint density at radius 2 is 1.66 bits per heavy atom. The monoisotopic (exact) mass is 711 g/mol. The summed E-state index contributed by atoms with van der Waals surface area (Å²) in [6.07, 6.45) is -2.67. The van der Waals surface area contributed by atoms with Crippen molar-refractivity contribution in [1.29, 1.82) is 0 Å². The van der Waals surface area contributed by atoms with Gasteiger partial charge < -0.3 is 19.9 Å². The van der Waals surface area contributed by atoms with E-state index in [-0.39, 0.29) is 80.2 Å². The molecule has 3 aromatic heterocycles. The molecule has 6 rings (SSSR count). The molecule has 3 fully saturated rings. The number of nitrogens with zero attached hydrogens (tertiary/aromatic N) is 8. The first kappa shape index (κ1) is 35.4. The topological polar surface area (TPSA) is 161 Å². The van der Waals surface area contributed by atoms with E-state index in [1.165, 1.54) is 28.7 Å². The van der Waals surface area contributed by atoms with Gasteiger partial charge in [-0.1, -0.05) is 5.16 Å². The SMILES string of the molecule is Cc1nonc1C(=O)N[C@H](c1cn2ncc(C3(C(=O)N4CC(C(F)(F)F)C4)CCN(C(=O)OC(C)(C)C)CC3)nc2n1)C1CCC(F)(F)CC1. The fraction of sp³-hybridized carbons (Fsp3) is 0.677. The number of aromatic nitrogens is 6. The number of hydrogen-bond acceptors (Lipinski definition) is 10. The predicted octanol–water partition coefficient (Wildman–Crippen LogP) is 4.40. The second-order valence-corrected chi connectivity index (χ2v) is 14.4. The van der Waals surface area contributed by atoms with Crippen molar-refractivity contribution in [3.05, 3.63) is 35.2 Å². The van der Waals surface area contributed by atoms with Crippen LogP contribution in [0, 0.1) is 18.8 Å². The molecular weight excluding hydrogens is 673 g/mol. The van der Waals surface area contributed by atoms with E-state index in [0.29, 0.717) is 0 Å². The lowest BCUT2D eigenvalue weighted by Gasteiger charge is -2.47. The number of aryl methyl sites for hydroxylation is 1. The molecule has 0 bridgehead atoms. The fourth-order valence-electron chi connectivity index (χ4n) is 6.78. The van der Waals surface area contributed by atoms with E-state index in [2.05, 4.69) is 35.3 Å². The Morgan fingerprint density at radius 3 is 2.24 bits per heavy atom. The van der Waals surface area contributed by atoms with Crippen molar-refractivity contribution in [1.82, 2.24) is 45.0 Å². The molecule has 1 N–H and O–H groups in total. The molecule has 0 radical (unpaired) electrons. The van der Waals surface area contributed by atoms with E-state index < -0.39 is 72.0 Å². The van der Waals surface area contributed by atoms with E-state index in [1.807, 2.05) is 0 Å². The quantitative estimate of drug-likeness (QED) is 0.363. The van der Waals surface area contributed by atoms with Gasteiger partial charge in [-0.15, -0.1) is 0 Å². The summed E-state index contributed by atoms with van der Waals surface area (Å²) in [6.45, 7) is 5.84. The summed E-state index contributed by atoms with van der Waals surface area (Å²) < 4.78 is 79.8. The number of carbonyl (C=O) groups excluding carboxylic acids is 3. The Kier molecular flexibility index (Phi) is 8.99. The van der Waals surface area contributed by atoms with Crippen molar-refractivity contribution < 1.29 is 45.7 Å². The molecule has 1 saturated carbocycles. The van der Waals surface area contributed by atoms with E-state index in [4.69, 9.17) is 4.74 Å². The van der Waals surface area contributed by atoms with Crippen LogP contribution in [0.5, 0.6) is 0 Å². The van der Waals surface area contributed by atoms with Gasteiger partial charge in [-0.05, 0) is 64.5 Å². The number of ether oxygens (including phenoxy) is 1. The van der Waals surface area contributed by atoms with Gasteiger partial charge in [0.2, 0.25) is 11.8 Å². The van der Waals surface area contributed by atoms with Crippen LogP contribution in [0.25, 0.3) is 5.78 Å². The third kappa shape index (κ3) is 7.08. The molecular formula is C31H38F5N9O5. The standard InChI is InChI=1S/C31H38F5N9O5/c1-17-22(42-50-41-17)24(46)40-23(18-5-7-30(32,33)8-6-18)20-16-45-26(38-20)39-21(13-37-45)29(25(47)44-14-19(15-44)31(34,35)36)9-11-43(12-10-29)27(48)49-28(2,3)4/h13,16,18-19,23H,5-12,14-15H2,1-4H3,(H,40,46)/t23-/m0/s1. The van der Waals surface area contributed by atoms with Crippen LogP contribution in [0.1, 0.15) is 92.9 Å². The zero-order chi connectivity index (χ0) is 36.2. The molecule has 1 aliphatic carbocycles. The number of halogens is 5. The number of hydrogen-bond donors (Lipinski definition) is 1. The number of carbonyl (C=O) groups is 3. The molecule has 19 heteroatoms. The third-order valence-electron chi connectivity index (χ3n) is 9.72. The van der Waals surface area contributed by atoms with Crippen LogP contribution in [0.2, 0.25) is 0 Å². The summed E-state index contributed by atoms with van der Waals surface area (Å²) in [5.74, 6) is -6.07. The zero-order valence-electron chi connectivity index (χ0n) is 28.0. The summed E-state index contributed by atoms with van der Waals surface area (Å²) in [5.41, 5.74) is -1.59. The smallest absolute Gasteiger partial charge is 0.410 e. The summed E-state index contributed by atoms with van der Waals surface area (Å²) in [7, 11) is 0. The molecule has 5 heterocycles. The second-order valence-electron chi connectivity index (χ2n) is 14.4. The van der Waals surface area contributed by atoms with Crippen molar-refractivity contribution in [2.24, 2.45) is 11.8 Å². The van der Waals surface area contributed by atoms with Crippen molar-refractivity contribution in [3.63, 3.8) is 0 Å². The van der Waals surface area contributed by atoms with Gasteiger partial charge in [0.25, 0.3) is 11.7 Å². The van der Waals surface area contributed by atoms with E-state index in [0.717, 1.165) is 4.90 Å².